The molecule has 0 bridgehead atoms. The third-order valence-electron chi connectivity index (χ3n) is 4.73. The Morgan fingerprint density at radius 2 is 1.66 bits per heavy atom. The first-order valence-electron chi connectivity index (χ1n) is 11.1. The van der Waals surface area contributed by atoms with Crippen molar-refractivity contribution in [2.24, 2.45) is 0 Å². The van der Waals surface area contributed by atoms with Crippen LogP contribution in [0.5, 0.6) is 11.8 Å². The van der Waals surface area contributed by atoms with E-state index in [1.165, 1.54) is 51.4 Å². The summed E-state index contributed by atoms with van der Waals surface area (Å²) in [5.74, 6) is 0.854. The van der Waals surface area contributed by atoms with Crippen molar-refractivity contribution in [1.29, 1.82) is 0 Å². The highest BCUT2D eigenvalue weighted by molar-refractivity contribution is 5.61. The molecule has 0 aliphatic heterocycles. The molecule has 0 spiro atoms. The zero-order chi connectivity index (χ0) is 20.7. The number of aliphatic hydroxyl groups is 1. The Labute approximate surface area is 175 Å². The van der Waals surface area contributed by atoms with Crippen LogP contribution >= 0.6 is 0 Å². The van der Waals surface area contributed by atoms with Crippen LogP contribution in [0, 0.1) is 0 Å². The zero-order valence-corrected chi connectivity index (χ0v) is 18.0. The molecule has 0 aliphatic rings. The second-order valence-corrected chi connectivity index (χ2v) is 7.59. The van der Waals surface area contributed by atoms with Crippen molar-refractivity contribution in [3.8, 4) is 23.0 Å². The van der Waals surface area contributed by atoms with Crippen molar-refractivity contribution in [1.82, 2.24) is 9.97 Å². The Hall–Kier alpha value is -2.14. The minimum atomic E-state index is -0.556. The molecule has 0 radical (unpaired) electrons. The molecule has 160 valence electrons. The van der Waals surface area contributed by atoms with Crippen LogP contribution in [0.2, 0.25) is 0 Å². The molecule has 0 aliphatic carbocycles. The summed E-state index contributed by atoms with van der Waals surface area (Å²) in [7, 11) is 0. The number of benzene rings is 1. The van der Waals surface area contributed by atoms with E-state index in [0.717, 1.165) is 30.0 Å². The van der Waals surface area contributed by atoms with Gasteiger partial charge in [-0.2, -0.15) is 4.98 Å². The molecule has 0 amide bonds. The molecule has 1 heterocycles. The van der Waals surface area contributed by atoms with E-state index in [-0.39, 0.29) is 12.6 Å². The van der Waals surface area contributed by atoms with Crippen molar-refractivity contribution in [2.45, 2.75) is 77.7 Å². The van der Waals surface area contributed by atoms with E-state index >= 15 is 0 Å². The molecule has 2 aromatic rings. The highest BCUT2D eigenvalue weighted by atomic mass is 16.5. The number of rotatable bonds is 15. The number of unbranched alkanes of at least 4 members (excludes halogenated alkanes) is 8. The standard InChI is InChI=1S/C24H36N2O3/c1-3-4-5-6-7-8-9-10-11-17-28-22-14-12-13-21(18-22)23-15-16-25-24(26-23)29-19-20(2)27/h12-16,18,20,27H,3-11,17,19H2,1-2H3/t20-/m1/s1. The maximum Gasteiger partial charge on any atom is 0.316 e. The molecule has 5 heteroatoms. The molecule has 0 unspecified atom stereocenters. The Bertz CT molecular complexity index is 691. The van der Waals surface area contributed by atoms with Crippen LogP contribution in [0.25, 0.3) is 11.3 Å². The van der Waals surface area contributed by atoms with E-state index in [0.29, 0.717) is 0 Å². The fourth-order valence-corrected chi connectivity index (χ4v) is 3.11. The topological polar surface area (TPSA) is 64.5 Å². The van der Waals surface area contributed by atoms with Gasteiger partial charge in [-0.1, -0.05) is 70.4 Å². The van der Waals surface area contributed by atoms with Gasteiger partial charge in [0.25, 0.3) is 0 Å². The summed E-state index contributed by atoms with van der Waals surface area (Å²) in [6.45, 7) is 4.84. The lowest BCUT2D eigenvalue weighted by Gasteiger charge is -2.09. The maximum absolute atomic E-state index is 9.33. The molecule has 1 aromatic heterocycles. The fraction of sp³-hybridized carbons (Fsp3) is 0.583. The SMILES string of the molecule is CCCCCCCCCCCOc1cccc(-c2ccnc(OC[C@@H](C)O)n2)c1. The molecule has 0 fully saturated rings. The molecule has 0 saturated heterocycles. The van der Waals surface area contributed by atoms with Crippen molar-refractivity contribution in [2.75, 3.05) is 13.2 Å². The lowest BCUT2D eigenvalue weighted by Crippen LogP contribution is -2.14. The average Bonchev–Trinajstić information content (AvgIpc) is 2.74. The first-order valence-corrected chi connectivity index (χ1v) is 11.1. The van der Waals surface area contributed by atoms with Crippen LogP contribution in [0.15, 0.2) is 36.5 Å². The summed E-state index contributed by atoms with van der Waals surface area (Å²) >= 11 is 0. The van der Waals surface area contributed by atoms with Gasteiger partial charge in [0.05, 0.1) is 18.4 Å². The highest BCUT2D eigenvalue weighted by Gasteiger charge is 2.06. The van der Waals surface area contributed by atoms with Crippen LogP contribution in [0.3, 0.4) is 0 Å². The number of ether oxygens (including phenoxy) is 2. The molecule has 0 saturated carbocycles. The van der Waals surface area contributed by atoms with E-state index in [4.69, 9.17) is 9.47 Å². The van der Waals surface area contributed by atoms with Gasteiger partial charge in [0.15, 0.2) is 0 Å². The van der Waals surface area contributed by atoms with Crippen molar-refractivity contribution in [3.05, 3.63) is 36.5 Å². The zero-order valence-electron chi connectivity index (χ0n) is 18.0. The summed E-state index contributed by atoms with van der Waals surface area (Å²) < 4.78 is 11.3. The summed E-state index contributed by atoms with van der Waals surface area (Å²) in [4.78, 5) is 8.50. The fourth-order valence-electron chi connectivity index (χ4n) is 3.11. The van der Waals surface area contributed by atoms with Crippen molar-refractivity contribution >= 4 is 0 Å². The predicted octanol–water partition coefficient (Wildman–Crippen LogP) is 5.81. The van der Waals surface area contributed by atoms with Gasteiger partial charge in [-0.25, -0.2) is 4.98 Å². The third kappa shape index (κ3) is 9.75. The predicted molar refractivity (Wildman–Crippen MR) is 117 cm³/mol. The minimum absolute atomic E-state index is 0.172. The number of aliphatic hydroxyl groups excluding tert-OH is 1. The number of aromatic nitrogens is 2. The van der Waals surface area contributed by atoms with Crippen LogP contribution < -0.4 is 9.47 Å². The van der Waals surface area contributed by atoms with Gasteiger partial charge < -0.3 is 14.6 Å². The molecule has 1 N–H and O–H groups in total. The molecular formula is C24H36N2O3. The van der Waals surface area contributed by atoms with E-state index in [1.54, 1.807) is 13.1 Å². The second kappa shape index (κ2) is 13.9. The minimum Gasteiger partial charge on any atom is -0.494 e. The molecular weight excluding hydrogens is 364 g/mol. The number of nitrogens with zero attached hydrogens (tertiary/aromatic N) is 2. The van der Waals surface area contributed by atoms with Crippen LogP contribution in [-0.4, -0.2) is 34.4 Å². The molecule has 1 aromatic carbocycles. The third-order valence-corrected chi connectivity index (χ3v) is 4.73. The van der Waals surface area contributed by atoms with Gasteiger partial charge in [0.2, 0.25) is 0 Å². The number of hydrogen-bond donors (Lipinski definition) is 1. The summed E-state index contributed by atoms with van der Waals surface area (Å²) in [6, 6.07) is 10.0. The van der Waals surface area contributed by atoms with Gasteiger partial charge >= 0.3 is 6.01 Å². The van der Waals surface area contributed by atoms with Gasteiger partial charge in [-0.3, -0.25) is 0 Å². The summed E-state index contributed by atoms with van der Waals surface area (Å²) in [5.41, 5.74) is 1.73. The summed E-state index contributed by atoms with van der Waals surface area (Å²) in [6.07, 6.45) is 12.9. The van der Waals surface area contributed by atoms with Crippen LogP contribution in [0.1, 0.15) is 71.6 Å². The molecule has 29 heavy (non-hydrogen) atoms. The van der Waals surface area contributed by atoms with Gasteiger partial charge in [0.1, 0.15) is 12.4 Å². The summed E-state index contributed by atoms with van der Waals surface area (Å²) in [5, 5.41) is 9.33. The van der Waals surface area contributed by atoms with Crippen LogP contribution in [-0.2, 0) is 0 Å². The van der Waals surface area contributed by atoms with Gasteiger partial charge in [-0.05, 0) is 31.5 Å². The Balaban J connectivity index is 1.72. The smallest absolute Gasteiger partial charge is 0.316 e. The normalized spacial score (nSPS) is 12.0. The second-order valence-electron chi connectivity index (χ2n) is 7.59. The largest absolute Gasteiger partial charge is 0.494 e. The molecule has 5 nitrogen and oxygen atoms in total. The van der Waals surface area contributed by atoms with E-state index in [9.17, 15) is 5.11 Å². The molecule has 2 rings (SSSR count). The van der Waals surface area contributed by atoms with Crippen LogP contribution in [0.4, 0.5) is 0 Å². The van der Waals surface area contributed by atoms with Crippen molar-refractivity contribution < 1.29 is 14.6 Å². The van der Waals surface area contributed by atoms with E-state index in [2.05, 4.69) is 16.9 Å². The maximum atomic E-state index is 9.33. The lowest BCUT2D eigenvalue weighted by atomic mass is 10.1. The van der Waals surface area contributed by atoms with E-state index in [1.807, 2.05) is 30.3 Å². The average molecular weight is 401 g/mol. The Kier molecular flexibility index (Phi) is 11.1. The first-order chi connectivity index (χ1) is 14.2. The first kappa shape index (κ1) is 23.1. The quantitative estimate of drug-likeness (QED) is 0.382. The molecule has 1 atom stereocenters. The lowest BCUT2D eigenvalue weighted by molar-refractivity contribution is 0.117. The Morgan fingerprint density at radius 1 is 0.931 bits per heavy atom. The van der Waals surface area contributed by atoms with Gasteiger partial charge in [0, 0.05) is 11.8 Å². The monoisotopic (exact) mass is 400 g/mol. The Morgan fingerprint density at radius 3 is 2.38 bits per heavy atom. The van der Waals surface area contributed by atoms with E-state index < -0.39 is 6.10 Å². The highest BCUT2D eigenvalue weighted by Crippen LogP contribution is 2.23. The van der Waals surface area contributed by atoms with Crippen molar-refractivity contribution in [3.63, 3.8) is 0 Å². The number of hydrogen-bond acceptors (Lipinski definition) is 5. The van der Waals surface area contributed by atoms with Gasteiger partial charge in [-0.15, -0.1) is 0 Å².